The van der Waals surface area contributed by atoms with Gasteiger partial charge >= 0.3 is 0 Å². The number of nitrogens with one attached hydrogen (secondary N) is 2. The lowest BCUT2D eigenvalue weighted by molar-refractivity contribution is -0.886. The molecule has 1 saturated carbocycles. The van der Waals surface area contributed by atoms with Crippen LogP contribution in [0.25, 0.3) is 0 Å². The molecule has 0 radical (unpaired) electrons. The van der Waals surface area contributed by atoms with Crippen LogP contribution >= 0.6 is 0 Å². The molecular weight excluding hydrogens is 390 g/mol. The Bertz CT molecular complexity index is 889. The van der Waals surface area contributed by atoms with Gasteiger partial charge in [0, 0.05) is 18.8 Å². The molecule has 29 heavy (non-hydrogen) atoms. The van der Waals surface area contributed by atoms with E-state index in [1.165, 1.54) is 10.7 Å². The summed E-state index contributed by atoms with van der Waals surface area (Å²) >= 11 is 0. The van der Waals surface area contributed by atoms with Gasteiger partial charge in [-0.05, 0) is 49.2 Å². The monoisotopic (exact) mass is 420 g/mol. The molecule has 1 heterocycles. The van der Waals surface area contributed by atoms with Gasteiger partial charge in [-0.1, -0.05) is 19.3 Å². The molecule has 1 aromatic carbocycles. The molecule has 1 atom stereocenters. The zero-order valence-corrected chi connectivity index (χ0v) is 17.9. The summed E-state index contributed by atoms with van der Waals surface area (Å²) < 4.78 is 32.6. The van der Waals surface area contributed by atoms with E-state index in [9.17, 15) is 13.2 Å². The highest BCUT2D eigenvalue weighted by atomic mass is 32.2. The van der Waals surface area contributed by atoms with Crippen LogP contribution in [0, 0.1) is 0 Å². The molecule has 158 valence electrons. The van der Waals surface area contributed by atoms with E-state index in [2.05, 4.69) is 5.32 Å². The second kappa shape index (κ2) is 9.56. The number of hydrogen-bond acceptors (Lipinski definition) is 4. The Morgan fingerprint density at radius 3 is 2.48 bits per heavy atom. The largest absolute Gasteiger partial charge is 0.463 e. The number of carbonyl (C=O) groups is 1. The highest BCUT2D eigenvalue weighted by molar-refractivity contribution is 7.89. The molecule has 0 aliphatic heterocycles. The van der Waals surface area contributed by atoms with E-state index in [0.29, 0.717) is 12.2 Å². The number of furan rings is 1. The van der Waals surface area contributed by atoms with Crippen molar-refractivity contribution in [3.63, 3.8) is 0 Å². The minimum Gasteiger partial charge on any atom is -0.463 e. The Labute approximate surface area is 172 Å². The first-order valence-electron chi connectivity index (χ1n) is 10.1. The standard InChI is InChI=1S/C21H29N3O4S/c1-23(15-19-9-6-14-28-19)16-21(25)22-17-10-12-20(13-11-17)29(26,27)24(2)18-7-4-3-5-8-18/h6,9-14,18H,3-5,7-8,15-16H2,1-2H3,(H,22,25)/p+1. The Morgan fingerprint density at radius 1 is 1.17 bits per heavy atom. The highest BCUT2D eigenvalue weighted by Crippen LogP contribution is 2.26. The predicted molar refractivity (Wildman–Crippen MR) is 111 cm³/mol. The number of sulfonamides is 1. The van der Waals surface area contributed by atoms with E-state index in [-0.39, 0.29) is 23.4 Å². The number of anilines is 1. The van der Waals surface area contributed by atoms with E-state index >= 15 is 0 Å². The number of likely N-dealkylation sites (N-methyl/N-ethyl adjacent to an activating group) is 1. The molecule has 0 saturated heterocycles. The molecule has 3 rings (SSSR count). The van der Waals surface area contributed by atoms with Gasteiger partial charge in [0.15, 0.2) is 12.3 Å². The van der Waals surface area contributed by atoms with Crippen LogP contribution in [-0.4, -0.2) is 45.3 Å². The van der Waals surface area contributed by atoms with Gasteiger partial charge in [0.25, 0.3) is 5.91 Å². The van der Waals surface area contributed by atoms with E-state index in [4.69, 9.17) is 4.42 Å². The van der Waals surface area contributed by atoms with Gasteiger partial charge in [-0.3, -0.25) is 4.79 Å². The maximum atomic E-state index is 12.9. The van der Waals surface area contributed by atoms with Crippen molar-refractivity contribution in [2.24, 2.45) is 0 Å². The maximum absolute atomic E-state index is 12.9. The maximum Gasteiger partial charge on any atom is 0.279 e. The molecule has 1 unspecified atom stereocenters. The van der Waals surface area contributed by atoms with Crippen LogP contribution in [0.3, 0.4) is 0 Å². The summed E-state index contributed by atoms with van der Waals surface area (Å²) in [4.78, 5) is 13.5. The third-order valence-corrected chi connectivity index (χ3v) is 7.35. The van der Waals surface area contributed by atoms with Gasteiger partial charge < -0.3 is 14.6 Å². The van der Waals surface area contributed by atoms with Gasteiger partial charge in [-0.25, -0.2) is 8.42 Å². The zero-order chi connectivity index (χ0) is 20.9. The molecule has 0 bridgehead atoms. The van der Waals surface area contributed by atoms with E-state index in [1.54, 1.807) is 37.6 Å². The topological polar surface area (TPSA) is 84.1 Å². The number of carbonyl (C=O) groups excluding carboxylic acids is 1. The second-order valence-electron chi connectivity index (χ2n) is 7.78. The fourth-order valence-corrected chi connectivity index (χ4v) is 5.19. The van der Waals surface area contributed by atoms with Crippen molar-refractivity contribution in [3.8, 4) is 0 Å². The number of nitrogens with zero attached hydrogens (tertiary/aromatic N) is 1. The lowest BCUT2D eigenvalue weighted by Gasteiger charge is -2.30. The van der Waals surface area contributed by atoms with Crippen molar-refractivity contribution < 1.29 is 22.5 Å². The molecule has 1 aliphatic rings. The molecule has 0 spiro atoms. The quantitative estimate of drug-likeness (QED) is 0.683. The summed E-state index contributed by atoms with van der Waals surface area (Å²) in [6.07, 6.45) is 6.77. The van der Waals surface area contributed by atoms with Crippen LogP contribution in [0.1, 0.15) is 37.9 Å². The highest BCUT2D eigenvalue weighted by Gasteiger charge is 2.29. The second-order valence-corrected chi connectivity index (χ2v) is 9.77. The summed E-state index contributed by atoms with van der Waals surface area (Å²) in [5.74, 6) is 0.691. The van der Waals surface area contributed by atoms with Crippen LogP contribution < -0.4 is 10.2 Å². The number of benzene rings is 1. The number of quaternary nitrogens is 1. The summed E-state index contributed by atoms with van der Waals surface area (Å²) in [6, 6.07) is 10.2. The molecule has 1 aromatic heterocycles. The van der Waals surface area contributed by atoms with Crippen LogP contribution in [-0.2, 0) is 21.4 Å². The van der Waals surface area contributed by atoms with E-state index in [1.807, 2.05) is 19.2 Å². The average molecular weight is 421 g/mol. The molecular formula is C21H30N3O4S+. The third-order valence-electron chi connectivity index (χ3n) is 5.42. The first-order chi connectivity index (χ1) is 13.9. The first-order valence-corrected chi connectivity index (χ1v) is 11.5. The van der Waals surface area contributed by atoms with E-state index < -0.39 is 10.0 Å². The van der Waals surface area contributed by atoms with Gasteiger partial charge in [-0.15, -0.1) is 0 Å². The lowest BCUT2D eigenvalue weighted by Crippen LogP contribution is -3.08. The van der Waals surface area contributed by atoms with E-state index in [0.717, 1.165) is 36.3 Å². The first kappa shape index (κ1) is 21.5. The van der Waals surface area contributed by atoms with Gasteiger partial charge in [0.1, 0.15) is 6.54 Å². The smallest absolute Gasteiger partial charge is 0.279 e. The summed E-state index contributed by atoms with van der Waals surface area (Å²) in [5.41, 5.74) is 0.583. The predicted octanol–water partition coefficient (Wildman–Crippen LogP) is 1.89. The van der Waals surface area contributed by atoms with Crippen molar-refractivity contribution >= 4 is 21.6 Å². The van der Waals surface area contributed by atoms with Crippen molar-refractivity contribution in [2.75, 3.05) is 26.0 Å². The summed E-state index contributed by atoms with van der Waals surface area (Å²) in [5, 5.41) is 2.82. The number of rotatable bonds is 8. The van der Waals surface area contributed by atoms with Crippen molar-refractivity contribution in [3.05, 3.63) is 48.4 Å². The molecule has 8 heteroatoms. The minimum atomic E-state index is -3.53. The number of amides is 1. The molecule has 7 nitrogen and oxygen atoms in total. The molecule has 2 N–H and O–H groups in total. The third kappa shape index (κ3) is 5.68. The minimum absolute atomic E-state index is 0.0702. The van der Waals surface area contributed by atoms with Crippen LogP contribution in [0.15, 0.2) is 52.0 Å². The summed E-state index contributed by atoms with van der Waals surface area (Å²) in [7, 11) is 0.0551. The van der Waals surface area contributed by atoms with Crippen LogP contribution in [0.4, 0.5) is 5.69 Å². The molecule has 2 aromatic rings. The van der Waals surface area contributed by atoms with Crippen LogP contribution in [0.2, 0.25) is 0 Å². The Kier molecular flexibility index (Phi) is 7.10. The Balaban J connectivity index is 1.56. The van der Waals surface area contributed by atoms with Crippen molar-refractivity contribution in [2.45, 2.75) is 49.6 Å². The Hall–Kier alpha value is -2.16. The number of hydrogen-bond donors (Lipinski definition) is 2. The average Bonchev–Trinajstić information content (AvgIpc) is 3.21. The molecule has 1 fully saturated rings. The Morgan fingerprint density at radius 2 is 1.86 bits per heavy atom. The molecule has 1 aliphatic carbocycles. The zero-order valence-electron chi connectivity index (χ0n) is 17.1. The van der Waals surface area contributed by atoms with Crippen LogP contribution in [0.5, 0.6) is 0 Å². The fourth-order valence-electron chi connectivity index (χ4n) is 3.77. The summed E-state index contributed by atoms with van der Waals surface area (Å²) in [6.45, 7) is 0.899. The molecule has 1 amide bonds. The lowest BCUT2D eigenvalue weighted by atomic mass is 9.96. The van der Waals surface area contributed by atoms with Gasteiger partial charge in [0.2, 0.25) is 10.0 Å². The van der Waals surface area contributed by atoms with Crippen molar-refractivity contribution in [1.29, 1.82) is 0 Å². The SMILES string of the molecule is CN(C1CCCCC1)S(=O)(=O)c1ccc(NC(=O)C[NH+](C)Cc2ccco2)cc1. The normalized spacial score (nSPS) is 16.7. The van der Waals surface area contributed by atoms with Gasteiger partial charge in [-0.2, -0.15) is 4.31 Å². The fraction of sp³-hybridized carbons (Fsp3) is 0.476. The van der Waals surface area contributed by atoms with Gasteiger partial charge in [0.05, 0.1) is 18.2 Å². The van der Waals surface area contributed by atoms with Crippen molar-refractivity contribution in [1.82, 2.24) is 4.31 Å².